The highest BCUT2D eigenvalue weighted by Crippen LogP contribution is 2.17. The van der Waals surface area contributed by atoms with Gasteiger partial charge in [-0.1, -0.05) is 64.0 Å². The summed E-state index contributed by atoms with van der Waals surface area (Å²) in [6.45, 7) is 5.50. The fourth-order valence-electron chi connectivity index (χ4n) is 2.88. The summed E-state index contributed by atoms with van der Waals surface area (Å²) in [5.41, 5.74) is 2.41. The number of hydrogen-bond acceptors (Lipinski definition) is 1. The minimum absolute atomic E-state index is 1.11. The number of aromatic nitrogens is 2. The Kier molecular flexibility index (Phi) is 6.10. The molecule has 20 heavy (non-hydrogen) atoms. The molecule has 1 aromatic heterocycles. The van der Waals surface area contributed by atoms with Crippen molar-refractivity contribution < 1.29 is 0 Å². The first-order valence-electron chi connectivity index (χ1n) is 8.25. The van der Waals surface area contributed by atoms with Crippen molar-refractivity contribution >= 4 is 11.0 Å². The summed E-state index contributed by atoms with van der Waals surface area (Å²) in [5, 5.41) is 0. The number of imidazole rings is 1. The normalized spacial score (nSPS) is 11.3. The summed E-state index contributed by atoms with van der Waals surface area (Å²) in [6.07, 6.45) is 11.0. The van der Waals surface area contributed by atoms with Gasteiger partial charge < -0.3 is 4.57 Å². The molecule has 0 aliphatic carbocycles. The number of unbranched alkanes of at least 4 members (excludes halogenated alkanes) is 7. The molecule has 0 saturated heterocycles. The molecule has 0 bridgehead atoms. The van der Waals surface area contributed by atoms with Crippen LogP contribution in [0.25, 0.3) is 11.0 Å². The van der Waals surface area contributed by atoms with Crippen LogP contribution in [0, 0.1) is 6.92 Å². The van der Waals surface area contributed by atoms with E-state index in [0.29, 0.717) is 0 Å². The van der Waals surface area contributed by atoms with E-state index in [1.807, 2.05) is 0 Å². The second-order valence-corrected chi connectivity index (χ2v) is 5.77. The average molecular weight is 272 g/mol. The molecule has 0 atom stereocenters. The molecule has 0 unspecified atom stereocenters. The maximum atomic E-state index is 4.62. The van der Waals surface area contributed by atoms with Gasteiger partial charge in [-0.2, -0.15) is 0 Å². The molecule has 0 amide bonds. The van der Waals surface area contributed by atoms with Gasteiger partial charge in [0.05, 0.1) is 11.0 Å². The lowest BCUT2D eigenvalue weighted by molar-refractivity contribution is 0.544. The van der Waals surface area contributed by atoms with Gasteiger partial charge in [-0.05, 0) is 25.5 Å². The Labute approximate surface area is 123 Å². The highest BCUT2D eigenvalue weighted by atomic mass is 15.1. The molecule has 0 aliphatic heterocycles. The standard InChI is InChI=1S/C18H28N2/c1-3-4-5-6-7-8-9-12-15-20-16(2)19-17-13-10-11-14-18(17)20/h10-11,13-14H,3-9,12,15H2,1-2H3. The number of rotatable bonds is 9. The van der Waals surface area contributed by atoms with Gasteiger partial charge >= 0.3 is 0 Å². The predicted molar refractivity (Wildman–Crippen MR) is 87.1 cm³/mol. The molecule has 0 radical (unpaired) electrons. The first-order chi connectivity index (χ1) is 9.83. The zero-order chi connectivity index (χ0) is 14.2. The van der Waals surface area contributed by atoms with Gasteiger partial charge in [0, 0.05) is 6.54 Å². The lowest BCUT2D eigenvalue weighted by Gasteiger charge is -2.06. The quantitative estimate of drug-likeness (QED) is 0.552. The van der Waals surface area contributed by atoms with E-state index < -0.39 is 0 Å². The minimum atomic E-state index is 1.11. The molecule has 2 aromatic rings. The van der Waals surface area contributed by atoms with Gasteiger partial charge in [-0.25, -0.2) is 4.98 Å². The Hall–Kier alpha value is -1.31. The van der Waals surface area contributed by atoms with Gasteiger partial charge in [0.1, 0.15) is 5.82 Å². The predicted octanol–water partition coefficient (Wildman–Crippen LogP) is 5.49. The lowest BCUT2D eigenvalue weighted by Crippen LogP contribution is -2.00. The first-order valence-corrected chi connectivity index (χ1v) is 8.25. The van der Waals surface area contributed by atoms with E-state index in [1.165, 1.54) is 56.9 Å². The smallest absolute Gasteiger partial charge is 0.106 e. The van der Waals surface area contributed by atoms with Gasteiger partial charge in [-0.15, -0.1) is 0 Å². The Morgan fingerprint density at radius 3 is 2.30 bits per heavy atom. The van der Waals surface area contributed by atoms with E-state index >= 15 is 0 Å². The Morgan fingerprint density at radius 1 is 0.900 bits per heavy atom. The fraction of sp³-hybridized carbons (Fsp3) is 0.611. The average Bonchev–Trinajstić information content (AvgIpc) is 2.78. The number of benzene rings is 1. The second kappa shape index (κ2) is 8.08. The van der Waals surface area contributed by atoms with Crippen molar-refractivity contribution in [1.29, 1.82) is 0 Å². The van der Waals surface area contributed by atoms with Crippen molar-refractivity contribution in [3.63, 3.8) is 0 Å². The summed E-state index contributed by atoms with van der Waals surface area (Å²) in [6, 6.07) is 8.45. The highest BCUT2D eigenvalue weighted by molar-refractivity contribution is 5.75. The summed E-state index contributed by atoms with van der Waals surface area (Å²) >= 11 is 0. The number of aryl methyl sites for hydroxylation is 2. The second-order valence-electron chi connectivity index (χ2n) is 5.77. The Morgan fingerprint density at radius 2 is 1.55 bits per heavy atom. The van der Waals surface area contributed by atoms with Crippen LogP contribution >= 0.6 is 0 Å². The van der Waals surface area contributed by atoms with Crippen LogP contribution in [0.3, 0.4) is 0 Å². The fourth-order valence-corrected chi connectivity index (χ4v) is 2.88. The van der Waals surface area contributed by atoms with Gasteiger partial charge in [0.25, 0.3) is 0 Å². The minimum Gasteiger partial charge on any atom is -0.328 e. The van der Waals surface area contributed by atoms with Crippen LogP contribution in [-0.4, -0.2) is 9.55 Å². The highest BCUT2D eigenvalue weighted by Gasteiger charge is 2.05. The van der Waals surface area contributed by atoms with E-state index in [0.717, 1.165) is 17.9 Å². The largest absolute Gasteiger partial charge is 0.328 e. The molecule has 0 N–H and O–H groups in total. The van der Waals surface area contributed by atoms with Crippen LogP contribution in [0.5, 0.6) is 0 Å². The van der Waals surface area contributed by atoms with Crippen LogP contribution in [0.1, 0.15) is 64.1 Å². The maximum Gasteiger partial charge on any atom is 0.106 e. The van der Waals surface area contributed by atoms with E-state index in [4.69, 9.17) is 0 Å². The molecular formula is C18H28N2. The van der Waals surface area contributed by atoms with Gasteiger partial charge in [-0.3, -0.25) is 0 Å². The molecule has 0 spiro atoms. The first kappa shape index (κ1) is 15.1. The van der Waals surface area contributed by atoms with E-state index in [2.05, 4.69) is 47.7 Å². The molecule has 2 heteroatoms. The topological polar surface area (TPSA) is 17.8 Å². The van der Waals surface area contributed by atoms with Gasteiger partial charge in [0.2, 0.25) is 0 Å². The summed E-state index contributed by atoms with van der Waals surface area (Å²) in [7, 11) is 0. The monoisotopic (exact) mass is 272 g/mol. The molecule has 1 heterocycles. The van der Waals surface area contributed by atoms with Crippen LogP contribution < -0.4 is 0 Å². The third-order valence-electron chi connectivity index (χ3n) is 4.08. The van der Waals surface area contributed by atoms with Crippen molar-refractivity contribution in [2.75, 3.05) is 0 Å². The lowest BCUT2D eigenvalue weighted by atomic mass is 10.1. The molecule has 0 aliphatic rings. The van der Waals surface area contributed by atoms with Crippen LogP contribution in [-0.2, 0) is 6.54 Å². The van der Waals surface area contributed by atoms with E-state index in [-0.39, 0.29) is 0 Å². The van der Waals surface area contributed by atoms with Crippen LogP contribution in [0.2, 0.25) is 0 Å². The summed E-state index contributed by atoms with van der Waals surface area (Å²) in [5.74, 6) is 1.15. The SMILES string of the molecule is CCCCCCCCCCn1c(C)nc2ccccc21. The third kappa shape index (κ3) is 4.09. The Bertz CT molecular complexity index is 513. The third-order valence-corrected chi connectivity index (χ3v) is 4.08. The van der Waals surface area contributed by atoms with Crippen molar-refractivity contribution in [3.8, 4) is 0 Å². The molecule has 0 fully saturated rings. The number of fused-ring (bicyclic) bond motifs is 1. The maximum absolute atomic E-state index is 4.62. The number of nitrogens with zero attached hydrogens (tertiary/aromatic N) is 2. The molecule has 1 aromatic carbocycles. The van der Waals surface area contributed by atoms with Crippen molar-refractivity contribution in [3.05, 3.63) is 30.1 Å². The molecule has 2 rings (SSSR count). The molecular weight excluding hydrogens is 244 g/mol. The van der Waals surface area contributed by atoms with Crippen molar-refractivity contribution in [2.24, 2.45) is 0 Å². The van der Waals surface area contributed by atoms with E-state index in [9.17, 15) is 0 Å². The van der Waals surface area contributed by atoms with Crippen molar-refractivity contribution in [1.82, 2.24) is 9.55 Å². The number of hydrogen-bond donors (Lipinski definition) is 0. The summed E-state index contributed by atoms with van der Waals surface area (Å²) < 4.78 is 2.37. The van der Waals surface area contributed by atoms with Crippen molar-refractivity contribution in [2.45, 2.75) is 71.8 Å². The zero-order valence-corrected chi connectivity index (χ0v) is 13.1. The van der Waals surface area contributed by atoms with Gasteiger partial charge in [0.15, 0.2) is 0 Å². The molecule has 110 valence electrons. The molecule has 0 saturated carbocycles. The van der Waals surface area contributed by atoms with Crippen LogP contribution in [0.15, 0.2) is 24.3 Å². The number of para-hydroxylation sites is 2. The van der Waals surface area contributed by atoms with E-state index in [1.54, 1.807) is 0 Å². The Balaban J connectivity index is 1.72. The van der Waals surface area contributed by atoms with Crippen LogP contribution in [0.4, 0.5) is 0 Å². The molecule has 2 nitrogen and oxygen atoms in total. The zero-order valence-electron chi connectivity index (χ0n) is 13.1. The summed E-state index contributed by atoms with van der Waals surface area (Å²) in [4.78, 5) is 4.62.